The van der Waals surface area contributed by atoms with E-state index in [0.29, 0.717) is 31.1 Å². The van der Waals surface area contributed by atoms with Crippen molar-refractivity contribution in [3.8, 4) is 5.88 Å². The highest BCUT2D eigenvalue weighted by molar-refractivity contribution is 7.89. The Morgan fingerprint density at radius 1 is 1.08 bits per heavy atom. The van der Waals surface area contributed by atoms with E-state index in [9.17, 15) is 13.2 Å². The summed E-state index contributed by atoms with van der Waals surface area (Å²) in [5.74, 6) is 0.320. The summed E-state index contributed by atoms with van der Waals surface area (Å²) in [4.78, 5) is 18.6. The molecule has 2 aromatic rings. The minimum Gasteiger partial charge on any atom is -0.478 e. The lowest BCUT2D eigenvalue weighted by atomic mass is 10.2. The molecule has 0 N–H and O–H groups in total. The van der Waals surface area contributed by atoms with Gasteiger partial charge in [0.2, 0.25) is 15.9 Å². The normalized spacial score (nSPS) is 15.7. The zero-order valence-electron chi connectivity index (χ0n) is 14.5. The third-order valence-corrected chi connectivity index (χ3v) is 6.10. The fourth-order valence-electron chi connectivity index (χ4n) is 2.80. The number of amides is 1. The number of nitrogens with zero attached hydrogens (tertiary/aromatic N) is 3. The van der Waals surface area contributed by atoms with Crippen molar-refractivity contribution in [3.63, 3.8) is 0 Å². The van der Waals surface area contributed by atoms with Gasteiger partial charge in [0.25, 0.3) is 5.91 Å². The van der Waals surface area contributed by atoms with Crippen LogP contribution in [0.15, 0.2) is 53.6 Å². The zero-order chi connectivity index (χ0) is 18.6. The molecule has 0 spiro atoms. The summed E-state index contributed by atoms with van der Waals surface area (Å²) < 4.78 is 32.0. The van der Waals surface area contributed by atoms with Crippen LogP contribution < -0.4 is 4.74 Å². The van der Waals surface area contributed by atoms with Crippen molar-refractivity contribution in [2.24, 2.45) is 0 Å². The topological polar surface area (TPSA) is 79.8 Å². The smallest absolute Gasteiger partial charge is 0.255 e. The molecule has 0 bridgehead atoms. The fourth-order valence-corrected chi connectivity index (χ4v) is 4.24. The highest BCUT2D eigenvalue weighted by Crippen LogP contribution is 2.18. The van der Waals surface area contributed by atoms with Crippen LogP contribution in [0, 0.1) is 0 Å². The Hall–Kier alpha value is -2.45. The van der Waals surface area contributed by atoms with Crippen molar-refractivity contribution in [2.45, 2.75) is 11.8 Å². The minimum absolute atomic E-state index is 0.155. The lowest BCUT2D eigenvalue weighted by Gasteiger charge is -2.34. The van der Waals surface area contributed by atoms with E-state index in [2.05, 4.69) is 4.98 Å². The molecule has 1 aromatic heterocycles. The molecule has 1 fully saturated rings. The van der Waals surface area contributed by atoms with Gasteiger partial charge in [0.05, 0.1) is 17.1 Å². The third kappa shape index (κ3) is 3.86. The number of hydrogen-bond donors (Lipinski definition) is 0. The molecule has 1 saturated heterocycles. The van der Waals surface area contributed by atoms with Gasteiger partial charge in [0.15, 0.2) is 0 Å². The average molecular weight is 375 g/mol. The highest BCUT2D eigenvalue weighted by Gasteiger charge is 2.30. The van der Waals surface area contributed by atoms with Crippen LogP contribution in [0.3, 0.4) is 0 Å². The highest BCUT2D eigenvalue weighted by atomic mass is 32.2. The van der Waals surface area contributed by atoms with Gasteiger partial charge in [0.1, 0.15) is 0 Å². The number of piperazine rings is 1. The molecule has 26 heavy (non-hydrogen) atoms. The molecule has 0 radical (unpaired) electrons. The minimum atomic E-state index is -3.52. The van der Waals surface area contributed by atoms with Crippen LogP contribution in [0.1, 0.15) is 17.3 Å². The number of pyridine rings is 1. The Balaban J connectivity index is 1.64. The number of carbonyl (C=O) groups is 1. The number of ether oxygens (including phenoxy) is 1. The summed E-state index contributed by atoms with van der Waals surface area (Å²) in [6.07, 6.45) is 1.49. The summed E-state index contributed by atoms with van der Waals surface area (Å²) in [5, 5.41) is 0. The average Bonchev–Trinajstić information content (AvgIpc) is 2.69. The van der Waals surface area contributed by atoms with Crippen molar-refractivity contribution in [3.05, 3.63) is 54.2 Å². The van der Waals surface area contributed by atoms with Crippen LogP contribution in [0.2, 0.25) is 0 Å². The molecule has 0 unspecified atom stereocenters. The number of aromatic nitrogens is 1. The molecule has 0 atom stereocenters. The summed E-state index contributed by atoms with van der Waals surface area (Å²) in [6.45, 7) is 3.61. The largest absolute Gasteiger partial charge is 0.478 e. The van der Waals surface area contributed by atoms with E-state index < -0.39 is 10.0 Å². The Morgan fingerprint density at radius 3 is 2.35 bits per heavy atom. The second-order valence-electron chi connectivity index (χ2n) is 5.83. The van der Waals surface area contributed by atoms with Crippen LogP contribution in [0.4, 0.5) is 0 Å². The summed E-state index contributed by atoms with van der Waals surface area (Å²) in [5.41, 5.74) is 0.466. The molecule has 1 aliphatic rings. The van der Waals surface area contributed by atoms with E-state index in [1.165, 1.54) is 10.5 Å². The van der Waals surface area contributed by atoms with E-state index in [1.807, 2.05) is 6.92 Å². The molecule has 2 heterocycles. The molecule has 1 amide bonds. The molecule has 3 rings (SSSR count). The second kappa shape index (κ2) is 7.84. The molecule has 8 heteroatoms. The van der Waals surface area contributed by atoms with Crippen molar-refractivity contribution >= 4 is 15.9 Å². The fraction of sp³-hybridized carbons (Fsp3) is 0.333. The molecule has 7 nitrogen and oxygen atoms in total. The summed E-state index contributed by atoms with van der Waals surface area (Å²) >= 11 is 0. The standard InChI is InChI=1S/C18H21N3O4S/c1-2-25-17-9-8-15(14-19-17)18(22)20-10-12-21(13-11-20)26(23,24)16-6-4-3-5-7-16/h3-9,14H,2,10-13H2,1H3. The first-order valence-electron chi connectivity index (χ1n) is 8.45. The zero-order valence-corrected chi connectivity index (χ0v) is 15.4. The van der Waals surface area contributed by atoms with Crippen LogP contribution in [-0.4, -0.2) is 61.3 Å². The first-order chi connectivity index (χ1) is 12.5. The van der Waals surface area contributed by atoms with E-state index >= 15 is 0 Å². The van der Waals surface area contributed by atoms with E-state index in [-0.39, 0.29) is 23.9 Å². The van der Waals surface area contributed by atoms with Gasteiger partial charge >= 0.3 is 0 Å². The maximum Gasteiger partial charge on any atom is 0.255 e. The monoisotopic (exact) mass is 375 g/mol. The number of sulfonamides is 1. The van der Waals surface area contributed by atoms with Crippen LogP contribution in [0.5, 0.6) is 5.88 Å². The van der Waals surface area contributed by atoms with Gasteiger partial charge in [0, 0.05) is 38.4 Å². The first-order valence-corrected chi connectivity index (χ1v) is 9.89. The van der Waals surface area contributed by atoms with Gasteiger partial charge in [-0.2, -0.15) is 4.31 Å². The first kappa shape index (κ1) is 18.3. The lowest BCUT2D eigenvalue weighted by Crippen LogP contribution is -2.50. The Bertz CT molecular complexity index is 846. The molecule has 1 aliphatic heterocycles. The second-order valence-corrected chi connectivity index (χ2v) is 7.77. The van der Waals surface area contributed by atoms with Crippen molar-refractivity contribution in [1.29, 1.82) is 0 Å². The van der Waals surface area contributed by atoms with Gasteiger partial charge in [-0.15, -0.1) is 0 Å². The lowest BCUT2D eigenvalue weighted by molar-refractivity contribution is 0.0697. The van der Waals surface area contributed by atoms with Gasteiger partial charge < -0.3 is 9.64 Å². The van der Waals surface area contributed by atoms with E-state index in [1.54, 1.807) is 47.4 Å². The maximum atomic E-state index is 12.6. The predicted octanol–water partition coefficient (Wildman–Crippen LogP) is 1.63. The van der Waals surface area contributed by atoms with E-state index in [4.69, 9.17) is 4.74 Å². The predicted molar refractivity (Wildman–Crippen MR) is 96.5 cm³/mol. The quantitative estimate of drug-likeness (QED) is 0.794. The number of hydrogen-bond acceptors (Lipinski definition) is 5. The van der Waals surface area contributed by atoms with Crippen molar-refractivity contribution in [2.75, 3.05) is 32.8 Å². The molecule has 0 saturated carbocycles. The molecular formula is C18H21N3O4S. The van der Waals surface area contributed by atoms with E-state index in [0.717, 1.165) is 0 Å². The Morgan fingerprint density at radius 2 is 1.77 bits per heavy atom. The SMILES string of the molecule is CCOc1ccc(C(=O)N2CCN(S(=O)(=O)c3ccccc3)CC2)cn1. The Labute approximate surface area is 153 Å². The van der Waals surface area contributed by atoms with Gasteiger partial charge in [-0.1, -0.05) is 18.2 Å². The van der Waals surface area contributed by atoms with Crippen molar-refractivity contribution in [1.82, 2.24) is 14.2 Å². The van der Waals surface area contributed by atoms with Crippen LogP contribution in [0.25, 0.3) is 0 Å². The van der Waals surface area contributed by atoms with Crippen LogP contribution in [-0.2, 0) is 10.0 Å². The third-order valence-electron chi connectivity index (χ3n) is 4.18. The summed E-state index contributed by atoms with van der Waals surface area (Å²) in [6, 6.07) is 11.7. The summed E-state index contributed by atoms with van der Waals surface area (Å²) in [7, 11) is -3.52. The van der Waals surface area contributed by atoms with Crippen LogP contribution >= 0.6 is 0 Å². The van der Waals surface area contributed by atoms with Crippen molar-refractivity contribution < 1.29 is 17.9 Å². The molecule has 138 valence electrons. The molecule has 1 aromatic carbocycles. The Kier molecular flexibility index (Phi) is 5.53. The van der Waals surface area contributed by atoms with Gasteiger partial charge in [-0.05, 0) is 25.1 Å². The van der Waals surface area contributed by atoms with Gasteiger partial charge in [-0.25, -0.2) is 13.4 Å². The number of benzene rings is 1. The van der Waals surface area contributed by atoms with Gasteiger partial charge in [-0.3, -0.25) is 4.79 Å². The number of carbonyl (C=O) groups excluding carboxylic acids is 1. The maximum absolute atomic E-state index is 12.6. The number of rotatable bonds is 5. The molecular weight excluding hydrogens is 354 g/mol. The molecule has 0 aliphatic carbocycles.